The van der Waals surface area contributed by atoms with Gasteiger partial charge in [-0.3, -0.25) is 9.89 Å². The second kappa shape index (κ2) is 3.18. The van der Waals surface area contributed by atoms with Crippen molar-refractivity contribution in [3.8, 4) is 0 Å². The Morgan fingerprint density at radius 3 is 3.23 bits per heavy atom. The van der Waals surface area contributed by atoms with Crippen molar-refractivity contribution in [3.05, 3.63) is 11.3 Å². The Labute approximate surface area is 75.9 Å². The lowest BCUT2D eigenvalue weighted by molar-refractivity contribution is -0.114. The molecule has 0 saturated carbocycles. The minimum Gasteiger partial charge on any atom is -0.311 e. The normalized spacial score (nSPS) is 15.2. The monoisotopic (exact) mass is 180 g/mol. The summed E-state index contributed by atoms with van der Waals surface area (Å²) in [5, 5.41) is 12.9. The number of aromatic amines is 1. The third-order valence-corrected chi connectivity index (χ3v) is 2.10. The summed E-state index contributed by atoms with van der Waals surface area (Å²) in [6, 6.07) is 0. The molecule has 3 N–H and O–H groups in total. The van der Waals surface area contributed by atoms with Crippen molar-refractivity contribution in [2.75, 3.05) is 11.9 Å². The van der Waals surface area contributed by atoms with E-state index in [9.17, 15) is 4.79 Å². The number of amides is 1. The number of hydrogen-bond donors (Lipinski definition) is 3. The summed E-state index contributed by atoms with van der Waals surface area (Å²) in [5.74, 6) is 0.608. The smallest absolute Gasteiger partial charge is 0.222 e. The van der Waals surface area contributed by atoms with Crippen LogP contribution in [0.1, 0.15) is 18.2 Å². The molecule has 0 bridgehead atoms. The molecule has 1 aromatic heterocycles. The van der Waals surface area contributed by atoms with Gasteiger partial charge < -0.3 is 10.6 Å². The van der Waals surface area contributed by atoms with Crippen LogP contribution in [0.2, 0.25) is 0 Å². The lowest BCUT2D eigenvalue weighted by Gasteiger charge is -2.12. The van der Waals surface area contributed by atoms with Gasteiger partial charge in [0.2, 0.25) is 5.91 Å². The Kier molecular flexibility index (Phi) is 2.02. The van der Waals surface area contributed by atoms with Gasteiger partial charge in [0.15, 0.2) is 5.82 Å². The van der Waals surface area contributed by atoms with Crippen LogP contribution in [0.3, 0.4) is 0 Å². The number of aromatic nitrogens is 2. The van der Waals surface area contributed by atoms with Gasteiger partial charge in [0.25, 0.3) is 0 Å². The third-order valence-electron chi connectivity index (χ3n) is 2.10. The van der Waals surface area contributed by atoms with Crippen LogP contribution in [0.15, 0.2) is 0 Å². The zero-order valence-corrected chi connectivity index (χ0v) is 7.48. The molecule has 70 valence electrons. The first-order valence-electron chi connectivity index (χ1n) is 4.32. The molecule has 1 aliphatic heterocycles. The first-order valence-corrected chi connectivity index (χ1v) is 4.32. The highest BCUT2D eigenvalue weighted by Crippen LogP contribution is 2.19. The highest BCUT2D eigenvalue weighted by atomic mass is 16.1. The van der Waals surface area contributed by atoms with Crippen LogP contribution in [0.25, 0.3) is 0 Å². The molecule has 5 nitrogen and oxygen atoms in total. The molecule has 2 heterocycles. The molecule has 1 amide bonds. The number of H-pyrrole nitrogens is 1. The van der Waals surface area contributed by atoms with Gasteiger partial charge in [-0.1, -0.05) is 0 Å². The van der Waals surface area contributed by atoms with Crippen molar-refractivity contribution < 1.29 is 4.79 Å². The lowest BCUT2D eigenvalue weighted by atomic mass is 10.1. The second-order valence-corrected chi connectivity index (χ2v) is 3.14. The maximum atomic E-state index is 10.8. The average Bonchev–Trinajstić information content (AvgIpc) is 2.48. The van der Waals surface area contributed by atoms with Gasteiger partial charge in [-0.15, -0.1) is 0 Å². The largest absolute Gasteiger partial charge is 0.311 e. The summed E-state index contributed by atoms with van der Waals surface area (Å²) < 4.78 is 0. The SMILES string of the molecule is CC(=O)Nc1n[nH]c2c1CCNC2. The van der Waals surface area contributed by atoms with E-state index in [1.807, 2.05) is 0 Å². The fraction of sp³-hybridized carbons (Fsp3) is 0.500. The van der Waals surface area contributed by atoms with Gasteiger partial charge in [-0.2, -0.15) is 5.10 Å². The lowest BCUT2D eigenvalue weighted by Crippen LogP contribution is -2.23. The molecule has 5 heteroatoms. The summed E-state index contributed by atoms with van der Waals surface area (Å²) in [6.07, 6.45) is 0.918. The van der Waals surface area contributed by atoms with Crippen LogP contribution >= 0.6 is 0 Å². The predicted molar refractivity (Wildman–Crippen MR) is 48.3 cm³/mol. The summed E-state index contributed by atoms with van der Waals surface area (Å²) in [6.45, 7) is 3.24. The zero-order valence-electron chi connectivity index (χ0n) is 7.48. The summed E-state index contributed by atoms with van der Waals surface area (Å²) in [5.41, 5.74) is 2.21. The number of nitrogens with zero attached hydrogens (tertiary/aromatic N) is 1. The number of fused-ring (bicyclic) bond motifs is 1. The van der Waals surface area contributed by atoms with E-state index in [0.717, 1.165) is 30.8 Å². The Morgan fingerprint density at radius 2 is 2.46 bits per heavy atom. The first kappa shape index (κ1) is 8.25. The number of carbonyl (C=O) groups excluding carboxylic acids is 1. The molecule has 0 saturated heterocycles. The standard InChI is InChI=1S/C8H12N4O/c1-5(13)10-8-6-2-3-9-4-7(6)11-12-8/h9H,2-4H2,1H3,(H2,10,11,12,13). The number of nitrogens with one attached hydrogen (secondary N) is 3. The molecule has 0 radical (unpaired) electrons. The van der Waals surface area contributed by atoms with E-state index in [-0.39, 0.29) is 5.91 Å². The fourth-order valence-corrected chi connectivity index (χ4v) is 1.51. The number of rotatable bonds is 1. The van der Waals surface area contributed by atoms with Gasteiger partial charge in [-0.05, 0) is 13.0 Å². The number of anilines is 1. The molecule has 0 unspecified atom stereocenters. The minimum atomic E-state index is -0.0761. The summed E-state index contributed by atoms with van der Waals surface area (Å²) in [4.78, 5) is 10.8. The summed E-state index contributed by atoms with van der Waals surface area (Å²) >= 11 is 0. The Bertz CT molecular complexity index is 331. The van der Waals surface area contributed by atoms with Crippen LogP contribution < -0.4 is 10.6 Å². The molecule has 1 aliphatic rings. The van der Waals surface area contributed by atoms with Crippen molar-refractivity contribution >= 4 is 11.7 Å². The summed E-state index contributed by atoms with van der Waals surface area (Å²) in [7, 11) is 0. The van der Waals surface area contributed by atoms with E-state index >= 15 is 0 Å². The van der Waals surface area contributed by atoms with Crippen LogP contribution in [0, 0.1) is 0 Å². The second-order valence-electron chi connectivity index (χ2n) is 3.14. The van der Waals surface area contributed by atoms with E-state index in [2.05, 4.69) is 20.8 Å². The Morgan fingerprint density at radius 1 is 1.62 bits per heavy atom. The molecular weight excluding hydrogens is 168 g/mol. The van der Waals surface area contributed by atoms with Crippen molar-refractivity contribution in [2.45, 2.75) is 19.9 Å². The van der Waals surface area contributed by atoms with Crippen LogP contribution in [0.5, 0.6) is 0 Å². The van der Waals surface area contributed by atoms with Crippen LogP contribution in [0.4, 0.5) is 5.82 Å². The molecule has 0 fully saturated rings. The predicted octanol–water partition coefficient (Wildman–Crippen LogP) is 0.0138. The number of carbonyl (C=O) groups is 1. The first-order chi connectivity index (χ1) is 6.27. The molecule has 13 heavy (non-hydrogen) atoms. The minimum absolute atomic E-state index is 0.0761. The Hall–Kier alpha value is -1.36. The van der Waals surface area contributed by atoms with Crippen LogP contribution in [-0.4, -0.2) is 22.6 Å². The van der Waals surface area contributed by atoms with Gasteiger partial charge in [0.1, 0.15) is 0 Å². The zero-order chi connectivity index (χ0) is 9.26. The molecule has 0 aliphatic carbocycles. The third kappa shape index (κ3) is 1.55. The molecule has 1 aromatic rings. The van der Waals surface area contributed by atoms with Gasteiger partial charge in [-0.25, -0.2) is 0 Å². The topological polar surface area (TPSA) is 69.8 Å². The highest BCUT2D eigenvalue weighted by molar-refractivity contribution is 5.88. The van der Waals surface area contributed by atoms with E-state index in [1.165, 1.54) is 6.92 Å². The Balaban J connectivity index is 2.26. The highest BCUT2D eigenvalue weighted by Gasteiger charge is 2.16. The maximum absolute atomic E-state index is 10.8. The van der Waals surface area contributed by atoms with Crippen molar-refractivity contribution in [2.24, 2.45) is 0 Å². The van der Waals surface area contributed by atoms with E-state index in [1.54, 1.807) is 0 Å². The molecule has 2 rings (SSSR count). The molecule has 0 atom stereocenters. The van der Waals surface area contributed by atoms with Crippen molar-refractivity contribution in [1.29, 1.82) is 0 Å². The average molecular weight is 180 g/mol. The van der Waals surface area contributed by atoms with Crippen molar-refractivity contribution in [1.82, 2.24) is 15.5 Å². The van der Waals surface area contributed by atoms with Crippen LogP contribution in [-0.2, 0) is 17.8 Å². The van der Waals surface area contributed by atoms with E-state index in [0.29, 0.717) is 5.82 Å². The molecular formula is C8H12N4O. The quantitative estimate of drug-likeness (QED) is 0.570. The molecule has 0 spiro atoms. The maximum Gasteiger partial charge on any atom is 0.222 e. The van der Waals surface area contributed by atoms with E-state index in [4.69, 9.17) is 0 Å². The molecule has 0 aromatic carbocycles. The van der Waals surface area contributed by atoms with E-state index < -0.39 is 0 Å². The fourth-order valence-electron chi connectivity index (χ4n) is 1.51. The van der Waals surface area contributed by atoms with Gasteiger partial charge >= 0.3 is 0 Å². The van der Waals surface area contributed by atoms with Gasteiger partial charge in [0, 0.05) is 19.0 Å². The van der Waals surface area contributed by atoms with Gasteiger partial charge in [0.05, 0.1) is 5.69 Å². The van der Waals surface area contributed by atoms with Crippen molar-refractivity contribution in [3.63, 3.8) is 0 Å². The number of hydrogen-bond acceptors (Lipinski definition) is 3.